The van der Waals surface area contributed by atoms with Gasteiger partial charge in [0.05, 0.1) is 19.6 Å². The zero-order valence-corrected chi connectivity index (χ0v) is 15.6. The van der Waals surface area contributed by atoms with E-state index in [0.717, 1.165) is 56.1 Å². The first kappa shape index (κ1) is 20.4. The molecular weight excluding hydrogens is 334 g/mol. The predicted molar refractivity (Wildman–Crippen MR) is 100 cm³/mol. The first-order valence-corrected chi connectivity index (χ1v) is 9.09. The standard InChI is InChI=1S/C19H29N3O4/c1-14-4-5-16(15(2)12-14)21-18(23)13-17(19(24)25)20-6-3-7-22-8-10-26-11-9-22/h4-5,12,17,20H,3,6-11,13H2,1-2H3,(H,21,23)(H,24,25)/t17-/m0/s1. The van der Waals surface area contributed by atoms with Gasteiger partial charge in [-0.25, -0.2) is 0 Å². The fourth-order valence-corrected chi connectivity index (χ4v) is 2.99. The minimum atomic E-state index is -1.01. The SMILES string of the molecule is Cc1ccc(NC(=O)C[C@H](NCCCN2CCOCC2)C(=O)O)c(C)c1. The molecule has 1 aromatic carbocycles. The number of aryl methyl sites for hydroxylation is 2. The maximum atomic E-state index is 12.2. The second kappa shape index (κ2) is 10.3. The van der Waals surface area contributed by atoms with Crippen LogP contribution in [0.25, 0.3) is 0 Å². The Morgan fingerprint density at radius 1 is 1.27 bits per heavy atom. The normalized spacial score (nSPS) is 16.2. The Kier molecular flexibility index (Phi) is 8.03. The molecule has 2 rings (SSSR count). The van der Waals surface area contributed by atoms with Gasteiger partial charge in [0, 0.05) is 18.8 Å². The van der Waals surface area contributed by atoms with Crippen molar-refractivity contribution in [3.05, 3.63) is 29.3 Å². The van der Waals surface area contributed by atoms with Crippen LogP contribution >= 0.6 is 0 Å². The number of rotatable bonds is 9. The highest BCUT2D eigenvalue weighted by Gasteiger charge is 2.21. The van der Waals surface area contributed by atoms with Gasteiger partial charge in [-0.1, -0.05) is 17.7 Å². The van der Waals surface area contributed by atoms with Crippen molar-refractivity contribution >= 4 is 17.6 Å². The molecule has 0 spiro atoms. The number of ether oxygens (including phenoxy) is 1. The number of carbonyl (C=O) groups is 2. The summed E-state index contributed by atoms with van der Waals surface area (Å²) in [7, 11) is 0. The number of carbonyl (C=O) groups excluding carboxylic acids is 1. The second-order valence-electron chi connectivity index (χ2n) is 6.72. The lowest BCUT2D eigenvalue weighted by Crippen LogP contribution is -2.42. The third-order valence-corrected chi connectivity index (χ3v) is 4.49. The van der Waals surface area contributed by atoms with Crippen LogP contribution in [0.5, 0.6) is 0 Å². The summed E-state index contributed by atoms with van der Waals surface area (Å²) in [6, 6.07) is 4.86. The van der Waals surface area contributed by atoms with Gasteiger partial charge in [0.1, 0.15) is 6.04 Å². The molecule has 0 unspecified atom stereocenters. The molecule has 1 heterocycles. The summed E-state index contributed by atoms with van der Waals surface area (Å²) in [5.74, 6) is -1.31. The lowest BCUT2D eigenvalue weighted by molar-refractivity contribution is -0.141. The molecule has 7 heteroatoms. The maximum Gasteiger partial charge on any atom is 0.321 e. The number of benzene rings is 1. The summed E-state index contributed by atoms with van der Waals surface area (Å²) >= 11 is 0. The Balaban J connectivity index is 1.75. The van der Waals surface area contributed by atoms with Crippen LogP contribution in [0.3, 0.4) is 0 Å². The van der Waals surface area contributed by atoms with Crippen LogP contribution in [0.4, 0.5) is 5.69 Å². The van der Waals surface area contributed by atoms with Crippen LogP contribution < -0.4 is 10.6 Å². The van der Waals surface area contributed by atoms with Crippen molar-refractivity contribution in [3.8, 4) is 0 Å². The van der Waals surface area contributed by atoms with E-state index in [2.05, 4.69) is 15.5 Å². The molecule has 3 N–H and O–H groups in total. The van der Waals surface area contributed by atoms with Crippen molar-refractivity contribution in [1.29, 1.82) is 0 Å². The van der Waals surface area contributed by atoms with E-state index in [4.69, 9.17) is 4.74 Å². The first-order valence-electron chi connectivity index (χ1n) is 9.09. The third kappa shape index (κ3) is 6.74. The third-order valence-electron chi connectivity index (χ3n) is 4.49. The number of nitrogens with one attached hydrogen (secondary N) is 2. The Morgan fingerprint density at radius 2 is 2.00 bits per heavy atom. The lowest BCUT2D eigenvalue weighted by Gasteiger charge is -2.26. The molecule has 0 aromatic heterocycles. The number of carboxylic acid groups (broad SMARTS) is 1. The van der Waals surface area contributed by atoms with Crippen molar-refractivity contribution in [2.24, 2.45) is 0 Å². The molecule has 26 heavy (non-hydrogen) atoms. The molecule has 1 aromatic rings. The van der Waals surface area contributed by atoms with Crippen LogP contribution in [0, 0.1) is 13.8 Å². The second-order valence-corrected chi connectivity index (χ2v) is 6.72. The Hall–Kier alpha value is -1.96. The summed E-state index contributed by atoms with van der Waals surface area (Å²) in [6.45, 7) is 8.71. The Bertz CT molecular complexity index is 615. The maximum absolute atomic E-state index is 12.2. The highest BCUT2D eigenvalue weighted by atomic mass is 16.5. The van der Waals surface area contributed by atoms with E-state index in [1.807, 2.05) is 32.0 Å². The van der Waals surface area contributed by atoms with Gasteiger partial charge in [0.2, 0.25) is 5.91 Å². The fourth-order valence-electron chi connectivity index (χ4n) is 2.99. The van der Waals surface area contributed by atoms with Crippen LogP contribution in [-0.4, -0.2) is 67.3 Å². The van der Waals surface area contributed by atoms with E-state index in [9.17, 15) is 14.7 Å². The molecule has 144 valence electrons. The molecule has 0 aliphatic carbocycles. The Labute approximate surface area is 154 Å². The molecular formula is C19H29N3O4. The monoisotopic (exact) mass is 363 g/mol. The predicted octanol–water partition coefficient (Wildman–Crippen LogP) is 1.40. The van der Waals surface area contributed by atoms with Crippen molar-refractivity contribution in [1.82, 2.24) is 10.2 Å². The number of morpholine rings is 1. The Morgan fingerprint density at radius 3 is 2.65 bits per heavy atom. The molecule has 0 bridgehead atoms. The van der Waals surface area contributed by atoms with Crippen LogP contribution in [-0.2, 0) is 14.3 Å². The summed E-state index contributed by atoms with van der Waals surface area (Å²) in [6.07, 6.45) is 0.739. The van der Waals surface area contributed by atoms with Crippen molar-refractivity contribution in [2.75, 3.05) is 44.7 Å². The van der Waals surface area contributed by atoms with Gasteiger partial charge in [-0.2, -0.15) is 0 Å². The topological polar surface area (TPSA) is 90.9 Å². The molecule has 1 fully saturated rings. The van der Waals surface area contributed by atoms with Crippen LogP contribution in [0.2, 0.25) is 0 Å². The molecule has 1 amide bonds. The summed E-state index contributed by atoms with van der Waals surface area (Å²) in [5, 5.41) is 15.1. The largest absolute Gasteiger partial charge is 0.480 e. The number of carboxylic acids is 1. The van der Waals surface area contributed by atoms with E-state index in [1.54, 1.807) is 0 Å². The van der Waals surface area contributed by atoms with E-state index in [0.29, 0.717) is 6.54 Å². The molecule has 1 atom stereocenters. The number of hydrogen-bond donors (Lipinski definition) is 3. The van der Waals surface area contributed by atoms with Gasteiger partial charge < -0.3 is 20.5 Å². The van der Waals surface area contributed by atoms with Crippen LogP contribution in [0.1, 0.15) is 24.0 Å². The van der Waals surface area contributed by atoms with Gasteiger partial charge in [-0.05, 0) is 45.0 Å². The van der Waals surface area contributed by atoms with Gasteiger partial charge in [-0.15, -0.1) is 0 Å². The van der Waals surface area contributed by atoms with E-state index < -0.39 is 12.0 Å². The van der Waals surface area contributed by atoms with Gasteiger partial charge in [0.15, 0.2) is 0 Å². The highest BCUT2D eigenvalue weighted by Crippen LogP contribution is 2.16. The van der Waals surface area contributed by atoms with E-state index in [-0.39, 0.29) is 12.3 Å². The van der Waals surface area contributed by atoms with Gasteiger partial charge >= 0.3 is 5.97 Å². The highest BCUT2D eigenvalue weighted by molar-refractivity contribution is 5.94. The average molecular weight is 363 g/mol. The van der Waals surface area contributed by atoms with Gasteiger partial charge in [0.25, 0.3) is 0 Å². The molecule has 1 saturated heterocycles. The minimum Gasteiger partial charge on any atom is -0.480 e. The summed E-state index contributed by atoms with van der Waals surface area (Å²) in [5.41, 5.74) is 2.80. The smallest absolute Gasteiger partial charge is 0.321 e. The molecule has 7 nitrogen and oxygen atoms in total. The van der Waals surface area contributed by atoms with Crippen LogP contribution in [0.15, 0.2) is 18.2 Å². The van der Waals surface area contributed by atoms with Crippen molar-refractivity contribution in [3.63, 3.8) is 0 Å². The molecule has 1 aliphatic rings. The van der Waals surface area contributed by atoms with E-state index in [1.165, 1.54) is 0 Å². The molecule has 1 aliphatic heterocycles. The van der Waals surface area contributed by atoms with Crippen molar-refractivity contribution < 1.29 is 19.4 Å². The minimum absolute atomic E-state index is 0.0970. The van der Waals surface area contributed by atoms with Gasteiger partial charge in [-0.3, -0.25) is 14.5 Å². The first-order chi connectivity index (χ1) is 12.5. The number of amides is 1. The number of anilines is 1. The summed E-state index contributed by atoms with van der Waals surface area (Å²) < 4.78 is 5.30. The number of hydrogen-bond acceptors (Lipinski definition) is 5. The lowest BCUT2D eigenvalue weighted by atomic mass is 10.1. The number of aliphatic carboxylic acids is 1. The van der Waals surface area contributed by atoms with Crippen molar-refractivity contribution in [2.45, 2.75) is 32.7 Å². The van der Waals surface area contributed by atoms with E-state index >= 15 is 0 Å². The quantitative estimate of drug-likeness (QED) is 0.575. The molecule has 0 saturated carbocycles. The zero-order valence-electron chi connectivity index (χ0n) is 15.6. The number of nitrogens with zero attached hydrogens (tertiary/aromatic N) is 1. The molecule has 0 radical (unpaired) electrons. The fraction of sp³-hybridized carbons (Fsp3) is 0.579. The average Bonchev–Trinajstić information content (AvgIpc) is 2.61. The zero-order chi connectivity index (χ0) is 18.9. The summed E-state index contributed by atoms with van der Waals surface area (Å²) in [4.78, 5) is 25.9.